The molecule has 0 spiro atoms. The summed E-state index contributed by atoms with van der Waals surface area (Å²) in [5, 5.41) is 16.3. The van der Waals surface area contributed by atoms with E-state index in [2.05, 4.69) is 31.3 Å². The third-order valence-electron chi connectivity index (χ3n) is 5.77. The van der Waals surface area contributed by atoms with Gasteiger partial charge in [-0.15, -0.1) is 5.10 Å². The van der Waals surface area contributed by atoms with Crippen molar-refractivity contribution in [2.45, 2.75) is 6.54 Å². The zero-order valence-corrected chi connectivity index (χ0v) is 19.8. The van der Waals surface area contributed by atoms with E-state index >= 15 is 0 Å². The number of aromatic nitrogens is 3. The molecule has 10 nitrogen and oxygen atoms in total. The SMILES string of the molecule is COc1ccc(CN2CCN(c3ncc(C#N)cc3NC(=O)c3cn(C)nc3OC)CC2)cc1F. The van der Waals surface area contributed by atoms with Crippen molar-refractivity contribution in [2.24, 2.45) is 7.05 Å². The van der Waals surface area contributed by atoms with Crippen molar-refractivity contribution in [3.8, 4) is 17.7 Å². The lowest BCUT2D eigenvalue weighted by molar-refractivity contribution is 0.102. The maximum absolute atomic E-state index is 14.0. The average Bonchev–Trinajstić information content (AvgIpc) is 3.25. The molecule has 0 aliphatic carbocycles. The van der Waals surface area contributed by atoms with Gasteiger partial charge in [-0.1, -0.05) is 6.07 Å². The number of nitrogens with one attached hydrogen (secondary N) is 1. The van der Waals surface area contributed by atoms with Crippen LogP contribution in [0.4, 0.5) is 15.9 Å². The summed E-state index contributed by atoms with van der Waals surface area (Å²) in [7, 11) is 4.59. The molecule has 4 rings (SSSR count). The Kier molecular flexibility index (Phi) is 7.12. The molecule has 1 aliphatic heterocycles. The van der Waals surface area contributed by atoms with Gasteiger partial charge in [0.15, 0.2) is 17.4 Å². The normalized spacial score (nSPS) is 13.9. The first-order valence-electron chi connectivity index (χ1n) is 11.0. The van der Waals surface area contributed by atoms with Crippen LogP contribution in [0.1, 0.15) is 21.5 Å². The predicted molar refractivity (Wildman–Crippen MR) is 127 cm³/mol. The smallest absolute Gasteiger partial charge is 0.262 e. The quantitative estimate of drug-likeness (QED) is 0.551. The van der Waals surface area contributed by atoms with Gasteiger partial charge in [0.05, 0.1) is 25.5 Å². The minimum atomic E-state index is -0.409. The lowest BCUT2D eigenvalue weighted by Crippen LogP contribution is -2.46. The molecular weight excluding hydrogens is 453 g/mol. The Morgan fingerprint density at radius 2 is 1.97 bits per heavy atom. The van der Waals surface area contributed by atoms with Crippen molar-refractivity contribution in [1.82, 2.24) is 19.7 Å². The summed E-state index contributed by atoms with van der Waals surface area (Å²) >= 11 is 0. The Balaban J connectivity index is 1.47. The number of halogens is 1. The second-order valence-electron chi connectivity index (χ2n) is 8.12. The van der Waals surface area contributed by atoms with E-state index in [9.17, 15) is 14.4 Å². The molecule has 1 aromatic carbocycles. The van der Waals surface area contributed by atoms with Crippen molar-refractivity contribution in [3.63, 3.8) is 0 Å². The fourth-order valence-electron chi connectivity index (χ4n) is 4.01. The van der Waals surface area contributed by atoms with E-state index in [1.54, 1.807) is 25.4 Å². The van der Waals surface area contributed by atoms with Gasteiger partial charge in [-0.25, -0.2) is 9.37 Å². The number of carbonyl (C=O) groups excluding carboxylic acids is 1. The summed E-state index contributed by atoms with van der Waals surface area (Å²) in [5.41, 5.74) is 1.92. The van der Waals surface area contributed by atoms with Crippen molar-refractivity contribution < 1.29 is 18.7 Å². The summed E-state index contributed by atoms with van der Waals surface area (Å²) in [6.07, 6.45) is 3.05. The molecule has 0 saturated carbocycles. The monoisotopic (exact) mass is 479 g/mol. The minimum absolute atomic E-state index is 0.208. The third kappa shape index (κ3) is 5.33. The van der Waals surface area contributed by atoms with E-state index in [1.165, 1.54) is 31.2 Å². The number of rotatable bonds is 7. The second kappa shape index (κ2) is 10.4. The Bertz CT molecular complexity index is 1260. The van der Waals surface area contributed by atoms with E-state index in [1.807, 2.05) is 6.07 Å². The van der Waals surface area contributed by atoms with Gasteiger partial charge in [0, 0.05) is 52.2 Å². The molecule has 0 radical (unpaired) electrons. The topological polar surface area (TPSA) is 109 Å². The van der Waals surface area contributed by atoms with Crippen LogP contribution in [0.5, 0.6) is 11.6 Å². The van der Waals surface area contributed by atoms with E-state index in [0.29, 0.717) is 36.7 Å². The number of piperazine rings is 1. The number of ether oxygens (including phenoxy) is 2. The van der Waals surface area contributed by atoms with E-state index in [-0.39, 0.29) is 23.0 Å². The van der Waals surface area contributed by atoms with Crippen LogP contribution in [0.3, 0.4) is 0 Å². The standard InChI is InChI=1S/C24H26FN7O3/c1-30-15-18(24(29-30)35-3)23(33)28-20-11-17(12-26)13-27-22(20)32-8-6-31(7-9-32)14-16-4-5-21(34-2)19(25)10-16/h4-5,10-11,13,15H,6-9,14H2,1-3H3,(H,28,33). The number of hydrogen-bond acceptors (Lipinski definition) is 8. The molecule has 35 heavy (non-hydrogen) atoms. The number of nitrogens with zero attached hydrogens (tertiary/aromatic N) is 6. The molecule has 1 N–H and O–H groups in total. The van der Waals surface area contributed by atoms with Crippen LogP contribution in [-0.4, -0.2) is 66.0 Å². The fourth-order valence-corrected chi connectivity index (χ4v) is 4.01. The molecule has 0 bridgehead atoms. The molecule has 3 heterocycles. The van der Waals surface area contributed by atoms with E-state index in [4.69, 9.17) is 9.47 Å². The summed E-state index contributed by atoms with van der Waals surface area (Å²) in [4.78, 5) is 21.7. The highest BCUT2D eigenvalue weighted by molar-refractivity contribution is 6.07. The molecule has 1 amide bonds. The molecular formula is C24H26FN7O3. The number of hydrogen-bond donors (Lipinski definition) is 1. The van der Waals surface area contributed by atoms with Crippen LogP contribution in [0, 0.1) is 17.1 Å². The highest BCUT2D eigenvalue weighted by atomic mass is 19.1. The summed E-state index contributed by atoms with van der Waals surface area (Å²) < 4.78 is 25.7. The third-order valence-corrected chi connectivity index (χ3v) is 5.77. The Hall–Kier alpha value is -4.17. The van der Waals surface area contributed by atoms with Crippen molar-refractivity contribution in [1.29, 1.82) is 5.26 Å². The lowest BCUT2D eigenvalue weighted by Gasteiger charge is -2.36. The first-order valence-corrected chi connectivity index (χ1v) is 11.0. The highest BCUT2D eigenvalue weighted by Crippen LogP contribution is 2.28. The van der Waals surface area contributed by atoms with Crippen LogP contribution in [0.2, 0.25) is 0 Å². The maximum atomic E-state index is 14.0. The van der Waals surface area contributed by atoms with Gasteiger partial charge in [0.1, 0.15) is 11.6 Å². The first-order chi connectivity index (χ1) is 16.9. The molecule has 1 saturated heterocycles. The number of aryl methyl sites for hydroxylation is 1. The molecule has 0 unspecified atom stereocenters. The molecule has 0 atom stereocenters. The van der Waals surface area contributed by atoms with E-state index in [0.717, 1.165) is 18.7 Å². The molecule has 1 aliphatic rings. The number of pyridine rings is 1. The highest BCUT2D eigenvalue weighted by Gasteiger charge is 2.24. The first kappa shape index (κ1) is 24.0. The zero-order chi connectivity index (χ0) is 24.9. The van der Waals surface area contributed by atoms with Crippen LogP contribution in [-0.2, 0) is 13.6 Å². The number of anilines is 2. The van der Waals surface area contributed by atoms with Crippen molar-refractivity contribution in [2.75, 3.05) is 50.6 Å². The number of amides is 1. The maximum Gasteiger partial charge on any atom is 0.262 e. The summed E-state index contributed by atoms with van der Waals surface area (Å²) in [6, 6.07) is 8.65. The van der Waals surface area contributed by atoms with Crippen LogP contribution >= 0.6 is 0 Å². The van der Waals surface area contributed by atoms with Gasteiger partial charge < -0.3 is 19.7 Å². The Labute approximate surface area is 202 Å². The zero-order valence-electron chi connectivity index (χ0n) is 19.8. The molecule has 2 aromatic heterocycles. The summed E-state index contributed by atoms with van der Waals surface area (Å²) in [6.45, 7) is 3.35. The molecule has 11 heteroatoms. The van der Waals surface area contributed by atoms with Gasteiger partial charge in [0.2, 0.25) is 5.88 Å². The summed E-state index contributed by atoms with van der Waals surface area (Å²) in [5.74, 6) is 0.225. The number of nitriles is 1. The molecule has 182 valence electrons. The number of methoxy groups -OCH3 is 2. The predicted octanol–water partition coefficient (Wildman–Crippen LogP) is 2.42. The minimum Gasteiger partial charge on any atom is -0.494 e. The molecule has 3 aromatic rings. The second-order valence-corrected chi connectivity index (χ2v) is 8.12. The van der Waals surface area contributed by atoms with Crippen LogP contribution < -0.4 is 19.7 Å². The van der Waals surface area contributed by atoms with Gasteiger partial charge in [-0.2, -0.15) is 5.26 Å². The fraction of sp³-hybridized carbons (Fsp3) is 0.333. The van der Waals surface area contributed by atoms with Crippen molar-refractivity contribution in [3.05, 3.63) is 59.2 Å². The van der Waals surface area contributed by atoms with E-state index < -0.39 is 5.91 Å². The van der Waals surface area contributed by atoms with Gasteiger partial charge >= 0.3 is 0 Å². The largest absolute Gasteiger partial charge is 0.494 e. The Morgan fingerprint density at radius 3 is 2.63 bits per heavy atom. The van der Waals surface area contributed by atoms with Gasteiger partial charge in [-0.3, -0.25) is 14.4 Å². The van der Waals surface area contributed by atoms with Crippen LogP contribution in [0.15, 0.2) is 36.7 Å². The Morgan fingerprint density at radius 1 is 1.20 bits per heavy atom. The lowest BCUT2D eigenvalue weighted by atomic mass is 10.1. The van der Waals surface area contributed by atoms with Crippen LogP contribution in [0.25, 0.3) is 0 Å². The number of benzene rings is 1. The number of carbonyl (C=O) groups is 1. The van der Waals surface area contributed by atoms with Crippen molar-refractivity contribution >= 4 is 17.4 Å². The molecule has 1 fully saturated rings. The van der Waals surface area contributed by atoms with Gasteiger partial charge in [0.25, 0.3) is 5.91 Å². The van der Waals surface area contributed by atoms with Gasteiger partial charge in [-0.05, 0) is 23.8 Å². The average molecular weight is 480 g/mol.